The van der Waals surface area contributed by atoms with E-state index in [0.29, 0.717) is 35.5 Å². The molecule has 0 radical (unpaired) electrons. The number of rotatable bonds is 19. The lowest BCUT2D eigenvalue weighted by molar-refractivity contribution is 0.568. The molecule has 0 spiro atoms. The molecular formula is C80H104N2. The lowest BCUT2D eigenvalue weighted by Crippen LogP contribution is -2.20. The maximum Gasteiger partial charge on any atom is 0.0620 e. The highest BCUT2D eigenvalue weighted by Gasteiger charge is 2.30. The summed E-state index contributed by atoms with van der Waals surface area (Å²) in [5.41, 5.74) is 22.0. The fourth-order valence-corrected chi connectivity index (χ4v) is 12.5. The average Bonchev–Trinajstić information content (AvgIpc) is 1.05. The Bertz CT molecular complexity index is 3320. The second-order valence-corrected chi connectivity index (χ2v) is 30.4. The van der Waals surface area contributed by atoms with Gasteiger partial charge in [0.2, 0.25) is 0 Å². The molecule has 0 unspecified atom stereocenters. The molecule has 0 aliphatic rings. The van der Waals surface area contributed by atoms with Crippen LogP contribution in [-0.2, 0) is 54.8 Å². The lowest BCUT2D eigenvalue weighted by atomic mass is 9.80. The van der Waals surface area contributed by atoms with E-state index in [1.807, 2.05) is 0 Å². The van der Waals surface area contributed by atoms with Crippen molar-refractivity contribution in [1.29, 1.82) is 0 Å². The normalized spacial score (nSPS) is 12.7. The van der Waals surface area contributed by atoms with Crippen LogP contribution < -0.4 is 9.80 Å². The van der Waals surface area contributed by atoms with E-state index in [1.165, 1.54) is 117 Å². The van der Waals surface area contributed by atoms with Gasteiger partial charge in [-0.15, -0.1) is 0 Å². The van der Waals surface area contributed by atoms with Crippen molar-refractivity contribution in [2.75, 3.05) is 9.80 Å². The van der Waals surface area contributed by atoms with Crippen LogP contribution in [0, 0.1) is 35.5 Å². The highest BCUT2D eigenvalue weighted by atomic mass is 15.2. The fraction of sp³-hybridized carbons (Fsp3) is 0.450. The molecule has 434 valence electrons. The molecule has 0 bridgehead atoms. The van der Waals surface area contributed by atoms with E-state index in [1.54, 1.807) is 0 Å². The monoisotopic (exact) mass is 1090 g/mol. The Morgan fingerprint density at radius 1 is 0.268 bits per heavy atom. The molecule has 0 aliphatic carbocycles. The predicted octanol–water partition coefficient (Wildman–Crippen LogP) is 23.7. The number of anilines is 6. The van der Waals surface area contributed by atoms with E-state index >= 15 is 0 Å². The van der Waals surface area contributed by atoms with Crippen molar-refractivity contribution in [3.63, 3.8) is 0 Å². The summed E-state index contributed by atoms with van der Waals surface area (Å²) in [6, 6.07) is 56.6. The number of hydrogen-bond donors (Lipinski definition) is 0. The largest absolute Gasteiger partial charge is 0.309 e. The van der Waals surface area contributed by atoms with Crippen LogP contribution in [-0.4, -0.2) is 0 Å². The van der Waals surface area contributed by atoms with Gasteiger partial charge in [0, 0.05) is 44.3 Å². The molecule has 82 heavy (non-hydrogen) atoms. The van der Waals surface area contributed by atoms with Crippen molar-refractivity contribution in [3.8, 4) is 11.1 Å². The molecule has 2 nitrogen and oxygen atoms in total. The van der Waals surface area contributed by atoms with Gasteiger partial charge >= 0.3 is 0 Å². The topological polar surface area (TPSA) is 6.48 Å². The van der Waals surface area contributed by atoms with E-state index < -0.39 is 0 Å². The molecular weight excluding hydrogens is 989 g/mol. The molecule has 8 aromatic rings. The Labute approximate surface area is 499 Å². The van der Waals surface area contributed by atoms with Gasteiger partial charge in [-0.05, 0) is 206 Å². The van der Waals surface area contributed by atoms with Crippen LogP contribution in [0.2, 0.25) is 0 Å². The quantitative estimate of drug-likeness (QED) is 0.0588. The zero-order valence-corrected chi connectivity index (χ0v) is 54.9. The van der Waals surface area contributed by atoms with Gasteiger partial charge in [0.15, 0.2) is 0 Å². The van der Waals surface area contributed by atoms with Crippen molar-refractivity contribution < 1.29 is 0 Å². The van der Waals surface area contributed by atoms with Crippen molar-refractivity contribution in [2.24, 2.45) is 35.5 Å². The Hall–Kier alpha value is -6.12. The highest BCUT2D eigenvalue weighted by Crippen LogP contribution is 2.53. The van der Waals surface area contributed by atoms with E-state index in [2.05, 4.69) is 295 Å². The van der Waals surface area contributed by atoms with Crippen molar-refractivity contribution in [3.05, 3.63) is 190 Å². The average molecular weight is 1090 g/mol. The van der Waals surface area contributed by atoms with Gasteiger partial charge in [0.05, 0.1) is 11.4 Å². The molecule has 0 atom stereocenters. The van der Waals surface area contributed by atoms with E-state index in [0.717, 1.165) is 38.5 Å². The first-order valence-corrected chi connectivity index (χ1v) is 31.7. The minimum absolute atomic E-state index is 0.00667. The molecule has 2 heteroatoms. The first kappa shape index (κ1) is 61.9. The maximum atomic E-state index is 2.71. The van der Waals surface area contributed by atoms with Crippen LogP contribution in [0.25, 0.3) is 32.7 Å². The Balaban J connectivity index is 1.64. The van der Waals surface area contributed by atoms with Crippen molar-refractivity contribution in [1.82, 2.24) is 0 Å². The SMILES string of the molecule is CC(C)Cc1cc(CC(C)C)cc(N(c2cc(CC(C)C)cc(CC(C)C)c2)c2c3ccccc3c(N(c3cc(CC(C)C)cc(CC(C)C)c3)c3cc(C(C)(C)C)cc(C(C)(C)C)c3)c3cc(-c4cccc(C(C)(C)C)c4)ccc23)c1. The van der Waals surface area contributed by atoms with Crippen molar-refractivity contribution >= 4 is 55.7 Å². The van der Waals surface area contributed by atoms with Gasteiger partial charge < -0.3 is 9.80 Å². The second kappa shape index (κ2) is 25.0. The summed E-state index contributed by atoms with van der Waals surface area (Å²) < 4.78 is 0. The number of fused-ring (bicyclic) bond motifs is 2. The molecule has 0 fully saturated rings. The van der Waals surface area contributed by atoms with Gasteiger partial charge in [-0.2, -0.15) is 0 Å². The zero-order chi connectivity index (χ0) is 59.7. The molecule has 0 N–H and O–H groups in total. The summed E-state index contributed by atoms with van der Waals surface area (Å²) in [6.07, 6.45) is 6.09. The second-order valence-electron chi connectivity index (χ2n) is 30.4. The van der Waals surface area contributed by atoms with Gasteiger partial charge in [-0.3, -0.25) is 0 Å². The lowest BCUT2D eigenvalue weighted by Gasteiger charge is -2.35. The fourth-order valence-electron chi connectivity index (χ4n) is 12.5. The highest BCUT2D eigenvalue weighted by molar-refractivity contribution is 6.24. The van der Waals surface area contributed by atoms with E-state index in [9.17, 15) is 0 Å². The summed E-state index contributed by atoms with van der Waals surface area (Å²) >= 11 is 0. The third-order valence-corrected chi connectivity index (χ3v) is 16.1. The summed E-state index contributed by atoms with van der Waals surface area (Å²) in [5, 5.41) is 4.94. The summed E-state index contributed by atoms with van der Waals surface area (Å²) in [4.78, 5) is 5.42. The van der Waals surface area contributed by atoms with Gasteiger partial charge in [0.25, 0.3) is 0 Å². The first-order chi connectivity index (χ1) is 38.4. The number of hydrogen-bond acceptors (Lipinski definition) is 2. The van der Waals surface area contributed by atoms with Crippen LogP contribution in [0.4, 0.5) is 34.1 Å². The number of benzene rings is 8. The molecule has 0 saturated heterocycles. The van der Waals surface area contributed by atoms with Crippen LogP contribution in [0.15, 0.2) is 140 Å². The van der Waals surface area contributed by atoms with Crippen LogP contribution in [0.5, 0.6) is 0 Å². The smallest absolute Gasteiger partial charge is 0.0620 e. The van der Waals surface area contributed by atoms with Gasteiger partial charge in [-0.1, -0.05) is 230 Å². The Morgan fingerprint density at radius 2 is 0.573 bits per heavy atom. The summed E-state index contributed by atoms with van der Waals surface area (Å²) in [7, 11) is 0. The summed E-state index contributed by atoms with van der Waals surface area (Å²) in [6.45, 7) is 49.7. The zero-order valence-electron chi connectivity index (χ0n) is 54.9. The molecule has 8 aromatic carbocycles. The van der Waals surface area contributed by atoms with Crippen molar-refractivity contribution in [2.45, 2.75) is 200 Å². The number of nitrogens with zero attached hydrogens (tertiary/aromatic N) is 2. The van der Waals surface area contributed by atoms with E-state index in [-0.39, 0.29) is 16.2 Å². The minimum atomic E-state index is -0.0965. The van der Waals surface area contributed by atoms with Crippen LogP contribution >= 0.6 is 0 Å². The van der Waals surface area contributed by atoms with Gasteiger partial charge in [0.1, 0.15) is 0 Å². The molecule has 8 rings (SSSR count). The molecule has 0 aliphatic heterocycles. The van der Waals surface area contributed by atoms with Crippen LogP contribution in [0.3, 0.4) is 0 Å². The third-order valence-electron chi connectivity index (χ3n) is 16.1. The van der Waals surface area contributed by atoms with Crippen LogP contribution in [0.1, 0.15) is 195 Å². The maximum absolute atomic E-state index is 2.71. The molecule has 0 heterocycles. The van der Waals surface area contributed by atoms with E-state index in [4.69, 9.17) is 0 Å². The molecule has 0 amide bonds. The standard InChI is InChI=1S/C80H104N2/c1-51(2)31-57-37-58(32-52(3)4)41-68(40-57)81(69-42-59(33-53(5)6)38-60(43-69)34-54(7)8)76-72-27-22-23-28-73(72)77(75-47-64(29-30-74(75)76)63-25-24-26-65(46-63)78(13,14)15)82(70-44-61(35-55(9)10)39-62(45-70)36-56(11)12)71-49-66(79(16,17)18)48-67(50-71)80(19,20)21/h22-30,37-56H,31-36H2,1-21H3. The van der Waals surface area contributed by atoms with Gasteiger partial charge in [-0.25, -0.2) is 0 Å². The first-order valence-electron chi connectivity index (χ1n) is 31.7. The summed E-state index contributed by atoms with van der Waals surface area (Å²) in [5.74, 6) is 3.07. The third kappa shape index (κ3) is 15.0. The minimum Gasteiger partial charge on any atom is -0.309 e. The molecule has 0 saturated carbocycles. The Morgan fingerprint density at radius 3 is 0.902 bits per heavy atom. The molecule has 0 aromatic heterocycles. The predicted molar refractivity (Wildman–Crippen MR) is 364 cm³/mol. The Kier molecular flexibility index (Phi) is 18.9.